The van der Waals surface area contributed by atoms with E-state index in [1.165, 1.54) is 43.5 Å². The fraction of sp³-hybridized carbons (Fsp3) is 0.435. The predicted octanol–water partition coefficient (Wildman–Crippen LogP) is 4.11. The van der Waals surface area contributed by atoms with Gasteiger partial charge in [-0.2, -0.15) is 0 Å². The Morgan fingerprint density at radius 1 is 1.07 bits per heavy atom. The molecule has 2 bridgehead atoms. The summed E-state index contributed by atoms with van der Waals surface area (Å²) in [5.41, 5.74) is 1.22. The van der Waals surface area contributed by atoms with Crippen molar-refractivity contribution in [2.24, 2.45) is 17.8 Å². The van der Waals surface area contributed by atoms with E-state index >= 15 is 0 Å². The molecule has 1 amide bonds. The third-order valence-corrected chi connectivity index (χ3v) is 8.08. The normalized spacial score (nSPS) is 24.0. The maximum atomic E-state index is 13.0. The molecule has 2 N–H and O–H groups in total. The number of nitrogens with one attached hydrogen (secondary N) is 2. The molecule has 2 aromatic rings. The zero-order chi connectivity index (χ0) is 21.3. The summed E-state index contributed by atoms with van der Waals surface area (Å²) >= 11 is 0. The number of rotatable bonds is 7. The third-order valence-electron chi connectivity index (χ3n) is 6.50. The highest BCUT2D eigenvalue weighted by atomic mass is 32.2. The summed E-state index contributed by atoms with van der Waals surface area (Å²) in [6.45, 7) is 1.97. The van der Waals surface area contributed by atoms with Gasteiger partial charge in [-0.3, -0.25) is 4.79 Å². The SMILES string of the molecule is CC(NS(=O)(=O)c1ccc(NC(=O)Cc2ccc(F)cc2)cc1)C1CC2CCC1C2. The third kappa shape index (κ3) is 4.73. The van der Waals surface area contributed by atoms with Gasteiger partial charge in [-0.05, 0) is 85.9 Å². The molecule has 4 rings (SSSR count). The Morgan fingerprint density at radius 2 is 1.77 bits per heavy atom. The van der Waals surface area contributed by atoms with E-state index in [-0.39, 0.29) is 29.1 Å². The first-order valence-electron chi connectivity index (χ1n) is 10.5. The van der Waals surface area contributed by atoms with Gasteiger partial charge < -0.3 is 5.32 Å². The molecule has 4 atom stereocenters. The van der Waals surface area contributed by atoms with Crippen molar-refractivity contribution in [3.8, 4) is 0 Å². The zero-order valence-electron chi connectivity index (χ0n) is 17.0. The van der Waals surface area contributed by atoms with Crippen LogP contribution in [0.25, 0.3) is 0 Å². The van der Waals surface area contributed by atoms with Crippen molar-refractivity contribution in [3.63, 3.8) is 0 Å². The molecule has 2 fully saturated rings. The van der Waals surface area contributed by atoms with Gasteiger partial charge in [-0.15, -0.1) is 0 Å². The Labute approximate surface area is 177 Å². The van der Waals surface area contributed by atoms with E-state index in [9.17, 15) is 17.6 Å². The van der Waals surface area contributed by atoms with Crippen LogP contribution in [0.15, 0.2) is 53.4 Å². The van der Waals surface area contributed by atoms with E-state index in [1.54, 1.807) is 24.3 Å². The quantitative estimate of drug-likeness (QED) is 0.694. The van der Waals surface area contributed by atoms with E-state index in [2.05, 4.69) is 10.0 Å². The van der Waals surface area contributed by atoms with Crippen LogP contribution in [0.3, 0.4) is 0 Å². The summed E-state index contributed by atoms with van der Waals surface area (Å²) in [4.78, 5) is 12.4. The highest BCUT2D eigenvalue weighted by molar-refractivity contribution is 7.89. The van der Waals surface area contributed by atoms with Crippen LogP contribution in [0.1, 0.15) is 38.2 Å². The second kappa shape index (κ2) is 8.47. The summed E-state index contributed by atoms with van der Waals surface area (Å²) in [6, 6.07) is 11.8. The molecule has 0 saturated heterocycles. The van der Waals surface area contributed by atoms with Gasteiger partial charge in [0.1, 0.15) is 5.82 Å². The number of hydrogen-bond acceptors (Lipinski definition) is 3. The summed E-state index contributed by atoms with van der Waals surface area (Å²) in [6.07, 6.45) is 4.97. The molecule has 2 aromatic carbocycles. The Balaban J connectivity index is 1.35. The Hall–Kier alpha value is -2.25. The molecule has 2 saturated carbocycles. The van der Waals surface area contributed by atoms with Crippen LogP contribution >= 0.6 is 0 Å². The maximum absolute atomic E-state index is 13.0. The lowest BCUT2D eigenvalue weighted by atomic mass is 9.84. The van der Waals surface area contributed by atoms with Crippen LogP contribution in [0.2, 0.25) is 0 Å². The van der Waals surface area contributed by atoms with Gasteiger partial charge in [-0.1, -0.05) is 18.6 Å². The van der Waals surface area contributed by atoms with Crippen molar-refractivity contribution < 1.29 is 17.6 Å². The van der Waals surface area contributed by atoms with Crippen LogP contribution in [0.5, 0.6) is 0 Å². The van der Waals surface area contributed by atoms with Crippen LogP contribution in [-0.4, -0.2) is 20.4 Å². The molecule has 0 radical (unpaired) electrons. The highest BCUT2D eigenvalue weighted by Gasteiger charge is 2.42. The van der Waals surface area contributed by atoms with Crippen LogP contribution in [0.4, 0.5) is 10.1 Å². The molecule has 30 heavy (non-hydrogen) atoms. The molecule has 7 heteroatoms. The van der Waals surface area contributed by atoms with Crippen molar-refractivity contribution in [1.82, 2.24) is 4.72 Å². The van der Waals surface area contributed by atoms with Crippen LogP contribution in [0, 0.1) is 23.6 Å². The van der Waals surface area contributed by atoms with E-state index in [0.29, 0.717) is 23.1 Å². The molecular weight excluding hydrogens is 403 g/mol. The van der Waals surface area contributed by atoms with Gasteiger partial charge >= 0.3 is 0 Å². The highest BCUT2D eigenvalue weighted by Crippen LogP contribution is 2.49. The number of carbonyl (C=O) groups is 1. The fourth-order valence-electron chi connectivity index (χ4n) is 5.02. The summed E-state index contributed by atoms with van der Waals surface area (Å²) in [5, 5.41) is 2.74. The molecule has 2 aliphatic rings. The molecule has 160 valence electrons. The van der Waals surface area contributed by atoms with E-state index in [4.69, 9.17) is 0 Å². The number of carbonyl (C=O) groups excluding carboxylic acids is 1. The number of amides is 1. The standard InChI is InChI=1S/C23H27FN2O3S/c1-15(22-13-17-2-5-18(22)12-17)26-30(28,29)21-10-8-20(9-11-21)25-23(27)14-16-3-6-19(24)7-4-16/h3-4,6-11,15,17-18,22,26H,2,5,12-14H2,1H3,(H,25,27). The molecule has 0 spiro atoms. The lowest BCUT2D eigenvalue weighted by molar-refractivity contribution is -0.115. The number of sulfonamides is 1. The lowest BCUT2D eigenvalue weighted by Crippen LogP contribution is -2.40. The molecule has 0 heterocycles. The summed E-state index contributed by atoms with van der Waals surface area (Å²) in [5.74, 6) is 1.24. The van der Waals surface area contributed by atoms with Gasteiger partial charge in [0.05, 0.1) is 11.3 Å². The largest absolute Gasteiger partial charge is 0.326 e. The Bertz CT molecular complexity index is 1010. The van der Waals surface area contributed by atoms with Crippen LogP contribution in [-0.2, 0) is 21.2 Å². The average molecular weight is 431 g/mol. The fourth-order valence-corrected chi connectivity index (χ4v) is 6.31. The smallest absolute Gasteiger partial charge is 0.240 e. The second-order valence-electron chi connectivity index (χ2n) is 8.62. The number of fused-ring (bicyclic) bond motifs is 2. The van der Waals surface area contributed by atoms with Gasteiger partial charge in [-0.25, -0.2) is 17.5 Å². The summed E-state index contributed by atoms with van der Waals surface area (Å²) < 4.78 is 41.4. The molecule has 5 nitrogen and oxygen atoms in total. The zero-order valence-corrected chi connectivity index (χ0v) is 17.8. The van der Waals surface area contributed by atoms with Crippen molar-refractivity contribution >= 4 is 21.6 Å². The van der Waals surface area contributed by atoms with Gasteiger partial charge in [0.25, 0.3) is 0 Å². The minimum atomic E-state index is -3.61. The average Bonchev–Trinajstić information content (AvgIpc) is 3.33. The molecule has 2 aliphatic carbocycles. The number of hydrogen-bond donors (Lipinski definition) is 2. The molecule has 0 aromatic heterocycles. The minimum absolute atomic E-state index is 0.0830. The topological polar surface area (TPSA) is 75.3 Å². The first-order chi connectivity index (χ1) is 14.3. The number of halogens is 1. The Kier molecular flexibility index (Phi) is 5.93. The second-order valence-corrected chi connectivity index (χ2v) is 10.3. The van der Waals surface area contributed by atoms with E-state index in [0.717, 1.165) is 12.3 Å². The lowest BCUT2D eigenvalue weighted by Gasteiger charge is -2.28. The molecule has 0 aliphatic heterocycles. The Morgan fingerprint density at radius 3 is 2.37 bits per heavy atom. The maximum Gasteiger partial charge on any atom is 0.240 e. The van der Waals surface area contributed by atoms with Gasteiger partial charge in [0.2, 0.25) is 15.9 Å². The van der Waals surface area contributed by atoms with Gasteiger partial charge in [0, 0.05) is 11.7 Å². The molecule has 4 unspecified atom stereocenters. The van der Waals surface area contributed by atoms with Crippen molar-refractivity contribution in [2.75, 3.05) is 5.32 Å². The minimum Gasteiger partial charge on any atom is -0.326 e. The van der Waals surface area contributed by atoms with Crippen molar-refractivity contribution in [3.05, 3.63) is 59.9 Å². The predicted molar refractivity (Wildman–Crippen MR) is 114 cm³/mol. The monoisotopic (exact) mass is 430 g/mol. The number of anilines is 1. The van der Waals surface area contributed by atoms with Crippen molar-refractivity contribution in [2.45, 2.75) is 50.0 Å². The van der Waals surface area contributed by atoms with Crippen LogP contribution < -0.4 is 10.0 Å². The van der Waals surface area contributed by atoms with Crippen molar-refractivity contribution in [1.29, 1.82) is 0 Å². The number of benzene rings is 2. The van der Waals surface area contributed by atoms with E-state index in [1.807, 2.05) is 6.92 Å². The first kappa shape index (κ1) is 21.0. The first-order valence-corrected chi connectivity index (χ1v) is 11.9. The van der Waals surface area contributed by atoms with E-state index < -0.39 is 10.0 Å². The molecular formula is C23H27FN2O3S. The van der Waals surface area contributed by atoms with Gasteiger partial charge in [0.15, 0.2) is 0 Å². The summed E-state index contributed by atoms with van der Waals surface area (Å²) in [7, 11) is -3.61.